The van der Waals surface area contributed by atoms with Crippen LogP contribution in [0, 0.1) is 5.41 Å². The van der Waals surface area contributed by atoms with Crippen LogP contribution in [0.2, 0.25) is 0 Å². The minimum Gasteiger partial charge on any atom is -0.453 e. The molecule has 18 unspecified atom stereocenters. The highest BCUT2D eigenvalue weighted by Crippen LogP contribution is 2.34. The van der Waals surface area contributed by atoms with Crippen LogP contribution >= 0.6 is 0 Å². The molecule has 57 heavy (non-hydrogen) atoms. The molecule has 0 radical (unpaired) electrons. The largest absolute Gasteiger partial charge is 0.453 e. The van der Waals surface area contributed by atoms with Gasteiger partial charge in [-0.25, -0.2) is 4.79 Å². The Balaban J connectivity index is 1.49. The molecule has 0 aromatic carbocycles. The van der Waals surface area contributed by atoms with E-state index in [0.29, 0.717) is 0 Å². The maximum atomic E-state index is 13.3. The average Bonchev–Trinajstić information content (AvgIpc) is 3.15. The number of ether oxygens (including phenoxy) is 8. The zero-order valence-electron chi connectivity index (χ0n) is 32.7. The number of carbonyl (C=O) groups excluding carboxylic acids is 2. The summed E-state index contributed by atoms with van der Waals surface area (Å²) in [4.78, 5) is 26.3. The lowest BCUT2D eigenvalue weighted by Gasteiger charge is -2.46. The van der Waals surface area contributed by atoms with Crippen LogP contribution in [0.3, 0.4) is 0 Å². The van der Waals surface area contributed by atoms with Gasteiger partial charge >= 0.3 is 11.9 Å². The number of carbonyl (C=O) groups is 2. The van der Waals surface area contributed by atoms with E-state index in [1.807, 2.05) is 0 Å². The molecular formula is C37H60O20. The Labute approximate surface area is 330 Å². The molecule has 4 aliphatic rings. The summed E-state index contributed by atoms with van der Waals surface area (Å²) in [5.41, 5.74) is -2.23. The van der Waals surface area contributed by atoms with Crippen LogP contribution < -0.4 is 0 Å². The van der Waals surface area contributed by atoms with Gasteiger partial charge in [-0.15, -0.1) is 6.58 Å². The molecule has 0 spiro atoms. The number of rotatable bonds is 14. The van der Waals surface area contributed by atoms with Gasteiger partial charge < -0.3 is 89.0 Å². The van der Waals surface area contributed by atoms with Crippen LogP contribution in [0.4, 0.5) is 0 Å². The highest BCUT2D eigenvalue weighted by atomic mass is 16.8. The Morgan fingerprint density at radius 3 is 1.98 bits per heavy atom. The van der Waals surface area contributed by atoms with E-state index in [2.05, 4.69) is 6.58 Å². The molecule has 0 aromatic heterocycles. The summed E-state index contributed by atoms with van der Waals surface area (Å²) in [5.74, 6) is -1.76. The second-order valence-electron chi connectivity index (χ2n) is 16.2. The molecule has 18 atom stereocenters. The number of aliphatic hydroxyl groups excluding tert-OH is 9. The minimum absolute atomic E-state index is 0.0686. The van der Waals surface area contributed by atoms with E-state index >= 15 is 0 Å². The van der Waals surface area contributed by atoms with Gasteiger partial charge in [-0.2, -0.15) is 0 Å². The summed E-state index contributed by atoms with van der Waals surface area (Å²) in [6.45, 7) is 9.41. The van der Waals surface area contributed by atoms with Crippen molar-refractivity contribution in [2.45, 2.75) is 170 Å². The van der Waals surface area contributed by atoms with Crippen molar-refractivity contribution in [3.05, 3.63) is 24.3 Å². The lowest BCUT2D eigenvalue weighted by molar-refractivity contribution is -0.365. The summed E-state index contributed by atoms with van der Waals surface area (Å²) >= 11 is 0. The highest BCUT2D eigenvalue weighted by Gasteiger charge is 2.54. The van der Waals surface area contributed by atoms with E-state index in [9.17, 15) is 60.7 Å². The van der Waals surface area contributed by atoms with Gasteiger partial charge in [0, 0.05) is 5.57 Å². The van der Waals surface area contributed by atoms with Crippen LogP contribution in [-0.2, 0) is 47.5 Å². The first kappa shape index (κ1) is 47.5. The van der Waals surface area contributed by atoms with Gasteiger partial charge in [0.1, 0.15) is 61.0 Å². The molecule has 3 saturated heterocycles. The number of esters is 2. The van der Waals surface area contributed by atoms with Crippen molar-refractivity contribution < 1.29 is 98.5 Å². The fourth-order valence-electron chi connectivity index (χ4n) is 6.55. The molecule has 3 heterocycles. The second kappa shape index (κ2) is 19.9. The molecule has 10 N–H and O–H groups in total. The molecule has 0 aromatic rings. The summed E-state index contributed by atoms with van der Waals surface area (Å²) in [7, 11) is 0. The number of hydrogen-bond acceptors (Lipinski definition) is 20. The van der Waals surface area contributed by atoms with Crippen molar-refractivity contribution in [1.82, 2.24) is 0 Å². The van der Waals surface area contributed by atoms with E-state index in [4.69, 9.17) is 37.9 Å². The molecule has 1 saturated carbocycles. The Morgan fingerprint density at radius 2 is 1.35 bits per heavy atom. The highest BCUT2D eigenvalue weighted by molar-refractivity contribution is 5.87. The summed E-state index contributed by atoms with van der Waals surface area (Å²) < 4.78 is 45.5. The Bertz CT molecular complexity index is 1370. The first-order valence-electron chi connectivity index (χ1n) is 18.9. The van der Waals surface area contributed by atoms with Gasteiger partial charge in [0.25, 0.3) is 0 Å². The van der Waals surface area contributed by atoms with Crippen molar-refractivity contribution in [3.63, 3.8) is 0 Å². The lowest BCUT2D eigenvalue weighted by Crippen LogP contribution is -2.65. The minimum atomic E-state index is -1.95. The van der Waals surface area contributed by atoms with E-state index in [1.165, 1.54) is 26.0 Å². The van der Waals surface area contributed by atoms with E-state index < -0.39 is 147 Å². The van der Waals surface area contributed by atoms with Gasteiger partial charge in [-0.1, -0.05) is 12.2 Å². The monoisotopic (exact) mass is 824 g/mol. The number of aliphatic hydroxyl groups is 10. The van der Waals surface area contributed by atoms with Crippen LogP contribution in [-0.4, -0.2) is 193 Å². The fourth-order valence-corrected chi connectivity index (χ4v) is 6.55. The lowest BCUT2D eigenvalue weighted by atomic mass is 9.89. The summed E-state index contributed by atoms with van der Waals surface area (Å²) in [5, 5.41) is 106. The fraction of sp³-hybridized carbons (Fsp3) is 0.838. The molecule has 20 nitrogen and oxygen atoms in total. The van der Waals surface area contributed by atoms with Crippen LogP contribution in [0.15, 0.2) is 24.3 Å². The predicted octanol–water partition coefficient (Wildman–Crippen LogP) is -3.21. The van der Waals surface area contributed by atoms with Crippen LogP contribution in [0.25, 0.3) is 0 Å². The molecule has 0 bridgehead atoms. The van der Waals surface area contributed by atoms with Crippen LogP contribution in [0.1, 0.15) is 60.3 Å². The molecule has 1 aliphatic carbocycles. The Morgan fingerprint density at radius 1 is 0.719 bits per heavy atom. The average molecular weight is 825 g/mol. The van der Waals surface area contributed by atoms with Gasteiger partial charge in [0.05, 0.1) is 43.0 Å². The van der Waals surface area contributed by atoms with Crippen molar-refractivity contribution >= 4 is 11.9 Å². The molecular weight excluding hydrogens is 764 g/mol. The quantitative estimate of drug-likeness (QED) is 0.0468. The van der Waals surface area contributed by atoms with Gasteiger partial charge in [-0.05, 0) is 60.3 Å². The Kier molecular flexibility index (Phi) is 16.6. The first-order chi connectivity index (χ1) is 26.6. The third kappa shape index (κ3) is 11.7. The first-order valence-corrected chi connectivity index (χ1v) is 18.9. The van der Waals surface area contributed by atoms with Gasteiger partial charge in [0.2, 0.25) is 6.29 Å². The second-order valence-corrected chi connectivity index (χ2v) is 16.2. The summed E-state index contributed by atoms with van der Waals surface area (Å²) in [6, 6.07) is 0. The predicted molar refractivity (Wildman–Crippen MR) is 190 cm³/mol. The standard InChI is InChI=1S/C37H60O20/c1-7-37(6,49)12-8-9-16(2)31(47)55-29-25(44)20(13-38)53-34(57-35(48)36(3,4)5)30(29)56-32-26(45)24(43)21(15-51-32)54-33-27(46)28(18(40)14-50-33)52-19-11-10-17(39)22(41)23(19)42/h7,9,17-30,32-34,38-46,49H,1,8,10-15H2,2-6H3/b16-9+. The van der Waals surface area contributed by atoms with Crippen molar-refractivity contribution in [2.75, 3.05) is 19.8 Å². The zero-order chi connectivity index (χ0) is 42.6. The molecule has 328 valence electrons. The maximum absolute atomic E-state index is 13.3. The van der Waals surface area contributed by atoms with Gasteiger partial charge in [0.15, 0.2) is 24.8 Å². The van der Waals surface area contributed by atoms with E-state index in [-0.39, 0.29) is 31.3 Å². The Hall–Kier alpha value is -2.22. The van der Waals surface area contributed by atoms with E-state index in [1.54, 1.807) is 20.8 Å². The maximum Gasteiger partial charge on any atom is 0.333 e. The van der Waals surface area contributed by atoms with Crippen molar-refractivity contribution in [2.24, 2.45) is 5.41 Å². The van der Waals surface area contributed by atoms with Gasteiger partial charge in [-0.3, -0.25) is 4.79 Å². The van der Waals surface area contributed by atoms with Crippen LogP contribution in [0.5, 0.6) is 0 Å². The number of hydrogen-bond donors (Lipinski definition) is 10. The summed E-state index contributed by atoms with van der Waals surface area (Å²) in [6.07, 6.45) is -23.3. The topological polar surface area (TPSA) is 310 Å². The molecule has 4 fully saturated rings. The van der Waals surface area contributed by atoms with Crippen molar-refractivity contribution in [3.8, 4) is 0 Å². The molecule has 20 heteroatoms. The molecule has 4 rings (SSSR count). The normalized spacial score (nSPS) is 41.8. The third-order valence-electron chi connectivity index (χ3n) is 10.4. The van der Waals surface area contributed by atoms with E-state index in [0.717, 1.165) is 0 Å². The molecule has 3 aliphatic heterocycles. The smallest absolute Gasteiger partial charge is 0.333 e. The van der Waals surface area contributed by atoms with Crippen molar-refractivity contribution in [1.29, 1.82) is 0 Å². The zero-order valence-corrected chi connectivity index (χ0v) is 32.7. The number of allylic oxidation sites excluding steroid dienone is 1. The molecule has 0 amide bonds. The SMILES string of the molecule is C=CC(C)(O)CC/C=C(\C)C(=O)OC1C(O)C(CO)OC(OC(=O)C(C)(C)C)C1OC1OCC(OC2OCC(O)C(OC3CCC(O)C(O)C3O)C2O)C(O)C1O. The third-order valence-corrected chi connectivity index (χ3v) is 10.4.